The maximum absolute atomic E-state index is 3.08. The molecule has 0 aromatic heterocycles. The second-order valence-electron chi connectivity index (χ2n) is 2.83. The molecule has 0 saturated carbocycles. The summed E-state index contributed by atoms with van der Waals surface area (Å²) >= 11 is 0. The second kappa shape index (κ2) is 6.49. The van der Waals surface area contributed by atoms with Gasteiger partial charge in [-0.3, -0.25) is 0 Å². The van der Waals surface area contributed by atoms with Crippen LogP contribution >= 0.6 is 0 Å². The van der Waals surface area contributed by atoms with Crippen LogP contribution in [0.4, 0.5) is 11.4 Å². The first-order valence-corrected chi connectivity index (χ1v) is 4.82. The zero-order valence-electron chi connectivity index (χ0n) is 9.31. The van der Waals surface area contributed by atoms with E-state index in [4.69, 9.17) is 0 Å². The fourth-order valence-electron chi connectivity index (χ4n) is 0.970. The third kappa shape index (κ3) is 3.95. The average Bonchev–Trinajstić information content (AvgIpc) is 2.21. The SMILES string of the molecule is CC.CNc1ccc([NH+](C)C)cc1. The molecule has 2 N–H and O–H groups in total. The van der Waals surface area contributed by atoms with Gasteiger partial charge in [-0.05, 0) is 12.1 Å². The number of hydrogen-bond acceptors (Lipinski definition) is 1. The fraction of sp³-hybridized carbons (Fsp3) is 0.455. The first kappa shape index (κ1) is 12.0. The molecule has 0 bridgehead atoms. The molecule has 13 heavy (non-hydrogen) atoms. The van der Waals surface area contributed by atoms with Crippen molar-refractivity contribution in [1.29, 1.82) is 0 Å². The molecule has 2 heteroatoms. The summed E-state index contributed by atoms with van der Waals surface area (Å²) in [5.41, 5.74) is 2.47. The van der Waals surface area contributed by atoms with Crippen molar-refractivity contribution in [3.63, 3.8) is 0 Å². The molecule has 0 radical (unpaired) electrons. The molecule has 0 atom stereocenters. The molecule has 0 aliphatic heterocycles. The Kier molecular flexibility index (Phi) is 5.98. The van der Waals surface area contributed by atoms with E-state index in [1.165, 1.54) is 10.6 Å². The number of quaternary nitrogens is 1. The summed E-state index contributed by atoms with van der Waals surface area (Å²) in [6, 6.07) is 8.42. The monoisotopic (exact) mass is 181 g/mol. The van der Waals surface area contributed by atoms with Crippen molar-refractivity contribution < 1.29 is 4.90 Å². The summed E-state index contributed by atoms with van der Waals surface area (Å²) in [7, 11) is 6.17. The van der Waals surface area contributed by atoms with Crippen LogP contribution in [-0.2, 0) is 0 Å². The van der Waals surface area contributed by atoms with Crippen LogP contribution in [0.15, 0.2) is 24.3 Å². The van der Waals surface area contributed by atoms with Gasteiger partial charge in [0.25, 0.3) is 0 Å². The van der Waals surface area contributed by atoms with Crippen LogP contribution in [0.2, 0.25) is 0 Å². The highest BCUT2D eigenvalue weighted by molar-refractivity contribution is 5.47. The summed E-state index contributed by atoms with van der Waals surface area (Å²) in [6.07, 6.45) is 0. The molecule has 1 rings (SSSR count). The van der Waals surface area contributed by atoms with E-state index in [2.05, 4.69) is 43.7 Å². The highest BCUT2D eigenvalue weighted by Gasteiger charge is 1.97. The molecule has 0 spiro atoms. The van der Waals surface area contributed by atoms with Crippen molar-refractivity contribution >= 4 is 11.4 Å². The van der Waals surface area contributed by atoms with Gasteiger partial charge in [0.05, 0.1) is 14.1 Å². The minimum Gasteiger partial charge on any atom is -0.388 e. The minimum atomic E-state index is 1.16. The van der Waals surface area contributed by atoms with Gasteiger partial charge in [-0.1, -0.05) is 13.8 Å². The second-order valence-corrected chi connectivity index (χ2v) is 2.83. The Bertz CT molecular complexity index is 214. The van der Waals surface area contributed by atoms with Gasteiger partial charge in [0, 0.05) is 24.9 Å². The standard InChI is InChI=1S/C9H14N2.C2H6/c1-10-8-4-6-9(7-5-8)11(2)3;1-2/h4-7,10H,1-3H3;1-2H3/p+1. The largest absolute Gasteiger partial charge is 0.388 e. The number of anilines is 1. The normalized spacial score (nSPS) is 9.08. The quantitative estimate of drug-likeness (QED) is 0.707. The molecule has 0 amide bonds. The van der Waals surface area contributed by atoms with Crippen molar-refractivity contribution in [3.05, 3.63) is 24.3 Å². The first-order chi connectivity index (χ1) is 6.24. The Balaban J connectivity index is 0.000000671. The van der Waals surface area contributed by atoms with Gasteiger partial charge in [0.15, 0.2) is 0 Å². The lowest BCUT2D eigenvalue weighted by Crippen LogP contribution is -3.00. The third-order valence-corrected chi connectivity index (χ3v) is 1.75. The lowest BCUT2D eigenvalue weighted by atomic mass is 10.3. The molecule has 0 fully saturated rings. The molecule has 2 nitrogen and oxygen atoms in total. The van der Waals surface area contributed by atoms with Crippen molar-refractivity contribution in [2.45, 2.75) is 13.8 Å². The molecule has 0 saturated heterocycles. The van der Waals surface area contributed by atoms with E-state index in [0.29, 0.717) is 0 Å². The minimum absolute atomic E-state index is 1.16. The molecule has 0 aliphatic carbocycles. The topological polar surface area (TPSA) is 16.5 Å². The van der Waals surface area contributed by atoms with E-state index in [9.17, 15) is 0 Å². The Hall–Kier alpha value is -1.02. The molecule has 0 heterocycles. The van der Waals surface area contributed by atoms with Gasteiger partial charge in [0.1, 0.15) is 5.69 Å². The van der Waals surface area contributed by atoms with Crippen molar-refractivity contribution in [1.82, 2.24) is 0 Å². The predicted molar refractivity (Wildman–Crippen MR) is 59.8 cm³/mol. The van der Waals surface area contributed by atoms with Crippen molar-refractivity contribution in [2.75, 3.05) is 26.5 Å². The molecule has 74 valence electrons. The van der Waals surface area contributed by atoms with E-state index < -0.39 is 0 Å². The highest BCUT2D eigenvalue weighted by Crippen LogP contribution is 2.08. The van der Waals surface area contributed by atoms with Gasteiger partial charge >= 0.3 is 0 Å². The zero-order chi connectivity index (χ0) is 10.3. The lowest BCUT2D eigenvalue weighted by molar-refractivity contribution is -0.786. The Morgan fingerprint density at radius 3 is 1.77 bits per heavy atom. The van der Waals surface area contributed by atoms with Gasteiger partial charge < -0.3 is 10.2 Å². The maximum atomic E-state index is 3.08. The maximum Gasteiger partial charge on any atom is 0.130 e. The Labute approximate surface area is 81.6 Å². The van der Waals surface area contributed by atoms with Crippen molar-refractivity contribution in [2.24, 2.45) is 0 Å². The van der Waals surface area contributed by atoms with Gasteiger partial charge in [-0.2, -0.15) is 0 Å². The highest BCUT2D eigenvalue weighted by atomic mass is 15.1. The predicted octanol–water partition coefficient (Wildman–Crippen LogP) is 1.53. The van der Waals surface area contributed by atoms with Crippen LogP contribution in [0.3, 0.4) is 0 Å². The van der Waals surface area contributed by atoms with Gasteiger partial charge in [-0.25, -0.2) is 0 Å². The molecule has 1 aromatic rings. The fourth-order valence-corrected chi connectivity index (χ4v) is 0.970. The van der Waals surface area contributed by atoms with Crippen LogP contribution in [0.25, 0.3) is 0 Å². The third-order valence-electron chi connectivity index (χ3n) is 1.75. The summed E-state index contributed by atoms with van der Waals surface area (Å²) < 4.78 is 0. The summed E-state index contributed by atoms with van der Waals surface area (Å²) in [4.78, 5) is 1.35. The average molecular weight is 181 g/mol. The number of hydrogen-bond donors (Lipinski definition) is 2. The van der Waals surface area contributed by atoms with Crippen LogP contribution in [0.1, 0.15) is 13.8 Å². The zero-order valence-corrected chi connectivity index (χ0v) is 9.31. The lowest BCUT2D eigenvalue weighted by Gasteiger charge is -2.06. The summed E-state index contributed by atoms with van der Waals surface area (Å²) in [5, 5.41) is 3.08. The number of benzene rings is 1. The Morgan fingerprint density at radius 2 is 1.46 bits per heavy atom. The Morgan fingerprint density at radius 1 is 1.00 bits per heavy atom. The van der Waals surface area contributed by atoms with E-state index in [0.717, 1.165) is 5.69 Å². The first-order valence-electron chi connectivity index (χ1n) is 4.82. The van der Waals surface area contributed by atoms with Crippen LogP contribution in [0.5, 0.6) is 0 Å². The molecule has 0 aliphatic rings. The van der Waals surface area contributed by atoms with Crippen LogP contribution < -0.4 is 10.2 Å². The molecule has 1 aromatic carbocycles. The van der Waals surface area contributed by atoms with Gasteiger partial charge in [0.2, 0.25) is 0 Å². The van der Waals surface area contributed by atoms with Gasteiger partial charge in [-0.15, -0.1) is 0 Å². The van der Waals surface area contributed by atoms with E-state index in [1.807, 2.05) is 20.9 Å². The van der Waals surface area contributed by atoms with E-state index >= 15 is 0 Å². The van der Waals surface area contributed by atoms with E-state index in [1.54, 1.807) is 0 Å². The molecular weight excluding hydrogens is 160 g/mol. The van der Waals surface area contributed by atoms with Crippen LogP contribution in [-0.4, -0.2) is 21.1 Å². The summed E-state index contributed by atoms with van der Waals surface area (Å²) in [6.45, 7) is 4.00. The molecular formula is C11H21N2+. The van der Waals surface area contributed by atoms with Crippen molar-refractivity contribution in [3.8, 4) is 0 Å². The number of nitrogens with one attached hydrogen (secondary N) is 2. The smallest absolute Gasteiger partial charge is 0.130 e. The summed E-state index contributed by atoms with van der Waals surface area (Å²) in [5.74, 6) is 0. The van der Waals surface area contributed by atoms with Crippen LogP contribution in [0, 0.1) is 0 Å². The number of rotatable bonds is 2. The molecule has 0 unspecified atom stereocenters. The van der Waals surface area contributed by atoms with E-state index in [-0.39, 0.29) is 0 Å².